The summed E-state index contributed by atoms with van der Waals surface area (Å²) in [5.41, 5.74) is 2.50. The lowest BCUT2D eigenvalue weighted by atomic mass is 10.1. The molecule has 0 aliphatic rings. The van der Waals surface area contributed by atoms with Crippen molar-refractivity contribution in [3.05, 3.63) is 52.3 Å². The molecule has 28 heavy (non-hydrogen) atoms. The monoisotopic (exact) mass is 387 g/mol. The summed E-state index contributed by atoms with van der Waals surface area (Å²) in [6, 6.07) is 7.28. The summed E-state index contributed by atoms with van der Waals surface area (Å²) in [5.74, 6) is -1.08. The zero-order valence-electron chi connectivity index (χ0n) is 16.9. The highest BCUT2D eigenvalue weighted by atomic mass is 16.6. The van der Waals surface area contributed by atoms with E-state index < -0.39 is 29.9 Å². The van der Waals surface area contributed by atoms with Crippen molar-refractivity contribution in [2.24, 2.45) is 0 Å². The van der Waals surface area contributed by atoms with Gasteiger partial charge in [-0.2, -0.15) is 0 Å². The molecule has 0 aliphatic carbocycles. The van der Waals surface area contributed by atoms with Gasteiger partial charge in [-0.25, -0.2) is 9.59 Å². The van der Waals surface area contributed by atoms with Gasteiger partial charge in [-0.3, -0.25) is 4.79 Å². The molecule has 1 aromatic heterocycles. The first-order valence-corrected chi connectivity index (χ1v) is 8.91. The van der Waals surface area contributed by atoms with Crippen molar-refractivity contribution >= 4 is 17.7 Å². The quantitative estimate of drug-likeness (QED) is 0.579. The van der Waals surface area contributed by atoms with Crippen LogP contribution in [0.1, 0.15) is 51.5 Å². The van der Waals surface area contributed by atoms with Gasteiger partial charge in [0.1, 0.15) is 5.75 Å². The molecule has 2 rings (SSSR count). The number of carbonyl (C=O) groups is 3. The predicted octanol–water partition coefficient (Wildman–Crippen LogP) is 3.31. The second-order valence-electron chi connectivity index (χ2n) is 6.64. The number of rotatable bonds is 7. The molecule has 7 nitrogen and oxygen atoms in total. The maximum absolute atomic E-state index is 12.7. The maximum Gasteiger partial charge on any atom is 0.347 e. The zero-order valence-corrected chi connectivity index (χ0v) is 16.9. The molecule has 150 valence electrons. The molecule has 0 saturated carbocycles. The minimum absolute atomic E-state index is 0.213. The van der Waals surface area contributed by atoms with Gasteiger partial charge in [-0.05, 0) is 57.9 Å². The molecule has 0 bridgehead atoms. The number of H-pyrrole nitrogens is 1. The van der Waals surface area contributed by atoms with Crippen LogP contribution in [0.2, 0.25) is 0 Å². The number of aromatic nitrogens is 1. The van der Waals surface area contributed by atoms with E-state index in [1.807, 2.05) is 19.1 Å². The van der Waals surface area contributed by atoms with Crippen molar-refractivity contribution < 1.29 is 28.6 Å². The van der Waals surface area contributed by atoms with Crippen LogP contribution in [0.3, 0.4) is 0 Å². The molecule has 0 spiro atoms. The summed E-state index contributed by atoms with van der Waals surface area (Å²) < 4.78 is 15.6. The first kappa shape index (κ1) is 21.2. The Morgan fingerprint density at radius 1 is 1.04 bits per heavy atom. The molecule has 0 amide bonds. The summed E-state index contributed by atoms with van der Waals surface area (Å²) in [6.45, 7) is 8.26. The lowest BCUT2D eigenvalue weighted by molar-refractivity contribution is -0.153. The van der Waals surface area contributed by atoms with Crippen LogP contribution < -0.4 is 4.74 Å². The Balaban J connectivity index is 2.07. The van der Waals surface area contributed by atoms with Gasteiger partial charge in [0.2, 0.25) is 5.78 Å². The smallest absolute Gasteiger partial charge is 0.347 e. The predicted molar refractivity (Wildman–Crippen MR) is 103 cm³/mol. The molecule has 0 saturated heterocycles. The van der Waals surface area contributed by atoms with Crippen molar-refractivity contribution in [1.29, 1.82) is 0 Å². The number of benzene rings is 1. The molecule has 2 aromatic rings. The van der Waals surface area contributed by atoms with Crippen molar-refractivity contribution in [2.45, 2.75) is 46.8 Å². The molecule has 0 radical (unpaired) electrons. The lowest BCUT2D eigenvalue weighted by Gasteiger charge is -2.17. The number of nitrogens with one attached hydrogen (secondary N) is 1. The molecule has 0 fully saturated rings. The number of hydrogen-bond donors (Lipinski definition) is 1. The van der Waals surface area contributed by atoms with Gasteiger partial charge < -0.3 is 19.2 Å². The molecule has 2 atom stereocenters. The van der Waals surface area contributed by atoms with Crippen molar-refractivity contribution in [3.63, 3.8) is 0 Å². The minimum atomic E-state index is -1.04. The highest BCUT2D eigenvalue weighted by Crippen LogP contribution is 2.21. The van der Waals surface area contributed by atoms with E-state index in [1.54, 1.807) is 32.9 Å². The molecule has 1 N–H and O–H groups in total. The Morgan fingerprint density at radius 3 is 2.32 bits per heavy atom. The number of methoxy groups -OCH3 is 1. The Hall–Kier alpha value is -3.09. The number of ketones is 1. The van der Waals surface area contributed by atoms with Crippen LogP contribution in [0, 0.1) is 20.8 Å². The van der Waals surface area contributed by atoms with Crippen LogP contribution in [0.25, 0.3) is 0 Å². The fourth-order valence-electron chi connectivity index (χ4n) is 2.87. The molecular weight excluding hydrogens is 362 g/mol. The highest BCUT2D eigenvalue weighted by molar-refractivity contribution is 6.04. The third-order valence-corrected chi connectivity index (χ3v) is 4.37. The van der Waals surface area contributed by atoms with Gasteiger partial charge in [-0.1, -0.05) is 12.1 Å². The first-order chi connectivity index (χ1) is 13.1. The van der Waals surface area contributed by atoms with E-state index in [0.29, 0.717) is 22.6 Å². The molecule has 1 aromatic carbocycles. The van der Waals surface area contributed by atoms with E-state index in [9.17, 15) is 14.4 Å². The average Bonchev–Trinajstić information content (AvgIpc) is 2.94. The van der Waals surface area contributed by atoms with Gasteiger partial charge in [0, 0.05) is 5.69 Å². The summed E-state index contributed by atoms with van der Waals surface area (Å²) in [5, 5.41) is 0. The maximum atomic E-state index is 12.7. The van der Waals surface area contributed by atoms with Gasteiger partial charge in [-0.15, -0.1) is 0 Å². The summed E-state index contributed by atoms with van der Waals surface area (Å²) in [4.78, 5) is 39.8. The van der Waals surface area contributed by atoms with Crippen molar-refractivity contribution in [3.8, 4) is 5.75 Å². The zero-order chi connectivity index (χ0) is 21.0. The van der Waals surface area contributed by atoms with E-state index >= 15 is 0 Å². The van der Waals surface area contributed by atoms with Crippen LogP contribution in [0.5, 0.6) is 5.75 Å². The van der Waals surface area contributed by atoms with Crippen LogP contribution in [0.15, 0.2) is 24.3 Å². The van der Waals surface area contributed by atoms with Crippen LogP contribution in [0.4, 0.5) is 0 Å². The fourth-order valence-corrected chi connectivity index (χ4v) is 2.87. The Labute approximate surface area is 164 Å². The van der Waals surface area contributed by atoms with E-state index in [2.05, 4.69) is 4.98 Å². The number of carbonyl (C=O) groups excluding carboxylic acids is 3. The number of aryl methyl sites for hydroxylation is 2. The third kappa shape index (κ3) is 4.60. The van der Waals surface area contributed by atoms with E-state index in [0.717, 1.165) is 5.56 Å². The summed E-state index contributed by atoms with van der Waals surface area (Å²) in [6.07, 6.45) is -1.92. The summed E-state index contributed by atoms with van der Waals surface area (Å²) >= 11 is 0. The molecule has 0 aliphatic heterocycles. The second-order valence-corrected chi connectivity index (χ2v) is 6.64. The Bertz CT molecular complexity index is 898. The normalized spacial score (nSPS) is 12.8. The van der Waals surface area contributed by atoms with Crippen LogP contribution >= 0.6 is 0 Å². The molecule has 1 heterocycles. The fraction of sp³-hybridized carbons (Fsp3) is 0.381. The number of hydrogen-bond acceptors (Lipinski definition) is 6. The highest BCUT2D eigenvalue weighted by Gasteiger charge is 2.29. The van der Waals surface area contributed by atoms with E-state index in [4.69, 9.17) is 14.2 Å². The van der Waals surface area contributed by atoms with Gasteiger partial charge in [0.05, 0.1) is 18.4 Å². The van der Waals surface area contributed by atoms with E-state index in [1.165, 1.54) is 14.0 Å². The minimum Gasteiger partial charge on any atom is -0.479 e. The molecule has 0 unspecified atom stereocenters. The largest absolute Gasteiger partial charge is 0.479 e. The number of Topliss-reactive ketones (excluding diaryl/α,β-unsaturated/α-hetero) is 1. The van der Waals surface area contributed by atoms with Gasteiger partial charge >= 0.3 is 11.9 Å². The topological polar surface area (TPSA) is 94.7 Å². The number of esters is 2. The van der Waals surface area contributed by atoms with E-state index in [-0.39, 0.29) is 5.69 Å². The van der Waals surface area contributed by atoms with Crippen LogP contribution in [-0.4, -0.2) is 42.0 Å². The van der Waals surface area contributed by atoms with Gasteiger partial charge in [0.25, 0.3) is 0 Å². The lowest BCUT2D eigenvalue weighted by Crippen LogP contribution is -2.33. The second kappa shape index (κ2) is 8.73. The average molecular weight is 387 g/mol. The number of aromatic amines is 1. The van der Waals surface area contributed by atoms with Crippen LogP contribution in [-0.2, 0) is 14.3 Å². The third-order valence-electron chi connectivity index (χ3n) is 4.37. The van der Waals surface area contributed by atoms with Crippen molar-refractivity contribution in [2.75, 3.05) is 7.11 Å². The standard InChI is InChI=1S/C21H25NO6/c1-11-8-7-9-16(10-11)27-15(5)20(24)28-14(4)19(23)18-12(2)17(13(3)22-18)21(25)26-6/h7-10,14-15,22H,1-6H3/t14-,15+/m1/s1. The van der Waals surface area contributed by atoms with Crippen molar-refractivity contribution in [1.82, 2.24) is 4.98 Å². The van der Waals surface area contributed by atoms with Gasteiger partial charge in [0.15, 0.2) is 12.2 Å². The molecular formula is C21H25NO6. The summed E-state index contributed by atoms with van der Waals surface area (Å²) in [7, 11) is 1.27. The molecule has 7 heteroatoms. The number of ether oxygens (including phenoxy) is 3. The first-order valence-electron chi connectivity index (χ1n) is 8.91. The Kier molecular flexibility index (Phi) is 6.62. The Morgan fingerprint density at radius 2 is 1.71 bits per heavy atom. The SMILES string of the molecule is COC(=O)c1c(C)[nH]c(C(=O)[C@@H](C)OC(=O)[C@H](C)Oc2cccc(C)c2)c1C.